The van der Waals surface area contributed by atoms with Gasteiger partial charge in [0.05, 0.1) is 0 Å². The average Bonchev–Trinajstić information content (AvgIpc) is 2.63. The van der Waals surface area contributed by atoms with E-state index in [0.29, 0.717) is 6.42 Å². The molecule has 1 atom stereocenters. The van der Waals surface area contributed by atoms with Crippen molar-refractivity contribution >= 4 is 11.6 Å². The van der Waals surface area contributed by atoms with Crippen molar-refractivity contribution in [1.29, 1.82) is 0 Å². The van der Waals surface area contributed by atoms with Crippen molar-refractivity contribution in [2.24, 2.45) is 0 Å². The lowest BCUT2D eigenvalue weighted by Crippen LogP contribution is -2.27. The van der Waals surface area contributed by atoms with Gasteiger partial charge in [-0.1, -0.05) is 32.0 Å². The van der Waals surface area contributed by atoms with Crippen LogP contribution in [0.25, 0.3) is 0 Å². The normalized spacial score (nSPS) is 19.7. The first kappa shape index (κ1) is 13.9. The Morgan fingerprint density at radius 3 is 2.58 bits per heavy atom. The molecule has 1 aliphatic heterocycles. The van der Waals surface area contributed by atoms with Crippen LogP contribution in [0.1, 0.15) is 44.2 Å². The summed E-state index contributed by atoms with van der Waals surface area (Å²) in [5.74, 6) is 0.169. The lowest BCUT2D eigenvalue weighted by atomic mass is 10.0. The topological polar surface area (TPSA) is 41.1 Å². The molecule has 1 unspecified atom stereocenters. The number of carbonyl (C=O) groups excluding carboxylic acids is 1. The molecule has 1 aromatic carbocycles. The van der Waals surface area contributed by atoms with Crippen molar-refractivity contribution in [3.8, 4) is 0 Å². The van der Waals surface area contributed by atoms with Crippen molar-refractivity contribution in [1.82, 2.24) is 5.32 Å². The number of benzene rings is 1. The van der Waals surface area contributed by atoms with E-state index in [1.165, 1.54) is 16.8 Å². The van der Waals surface area contributed by atoms with Crippen LogP contribution in [-0.4, -0.2) is 18.5 Å². The zero-order chi connectivity index (χ0) is 13.7. The van der Waals surface area contributed by atoms with Gasteiger partial charge in [-0.2, -0.15) is 0 Å². The molecule has 1 fully saturated rings. The lowest BCUT2D eigenvalue weighted by Gasteiger charge is -2.21. The summed E-state index contributed by atoms with van der Waals surface area (Å²) in [5, 5.41) is 6.57. The van der Waals surface area contributed by atoms with Gasteiger partial charge in [0.25, 0.3) is 0 Å². The van der Waals surface area contributed by atoms with Crippen molar-refractivity contribution in [2.45, 2.75) is 52.0 Å². The molecule has 3 nitrogen and oxygen atoms in total. The van der Waals surface area contributed by atoms with E-state index in [4.69, 9.17) is 0 Å². The second kappa shape index (κ2) is 6.60. The fraction of sp³-hybridized carbons (Fsp3) is 0.562. The van der Waals surface area contributed by atoms with Crippen LogP contribution in [0.15, 0.2) is 18.2 Å². The molecular formula is C16H24N2O. The van der Waals surface area contributed by atoms with Gasteiger partial charge in [-0.25, -0.2) is 0 Å². The van der Waals surface area contributed by atoms with Crippen molar-refractivity contribution in [3.63, 3.8) is 0 Å². The van der Waals surface area contributed by atoms with Crippen LogP contribution in [0.2, 0.25) is 0 Å². The van der Waals surface area contributed by atoms with Crippen LogP contribution in [-0.2, 0) is 17.6 Å². The van der Waals surface area contributed by atoms with Crippen LogP contribution in [0.4, 0.5) is 5.69 Å². The summed E-state index contributed by atoms with van der Waals surface area (Å²) in [5.41, 5.74) is 3.96. The predicted octanol–water partition coefficient (Wildman–Crippen LogP) is 2.89. The van der Waals surface area contributed by atoms with E-state index in [0.717, 1.165) is 32.2 Å². The van der Waals surface area contributed by atoms with Gasteiger partial charge in [-0.15, -0.1) is 0 Å². The molecule has 0 aromatic heterocycles. The zero-order valence-corrected chi connectivity index (χ0v) is 12.0. The fourth-order valence-electron chi connectivity index (χ4n) is 2.73. The molecule has 0 bridgehead atoms. The molecule has 0 radical (unpaired) electrons. The summed E-state index contributed by atoms with van der Waals surface area (Å²) in [6.45, 7) is 5.17. The molecule has 1 saturated heterocycles. The van der Waals surface area contributed by atoms with Gasteiger partial charge >= 0.3 is 0 Å². The summed E-state index contributed by atoms with van der Waals surface area (Å²) >= 11 is 0. The molecule has 2 N–H and O–H groups in total. The highest BCUT2D eigenvalue weighted by molar-refractivity contribution is 5.77. The molecule has 1 aliphatic rings. The summed E-state index contributed by atoms with van der Waals surface area (Å²) in [7, 11) is 0. The molecule has 0 saturated carbocycles. The van der Waals surface area contributed by atoms with Gasteiger partial charge in [0, 0.05) is 24.7 Å². The monoisotopic (exact) mass is 260 g/mol. The fourth-order valence-corrected chi connectivity index (χ4v) is 2.73. The minimum atomic E-state index is 0.169. The number of carbonyl (C=O) groups is 1. The Bertz CT molecular complexity index is 420. The number of para-hydroxylation sites is 1. The van der Waals surface area contributed by atoms with E-state index in [1.807, 2.05) is 0 Å². The van der Waals surface area contributed by atoms with Gasteiger partial charge in [-0.3, -0.25) is 4.79 Å². The number of hydrogen-bond acceptors (Lipinski definition) is 2. The van der Waals surface area contributed by atoms with Crippen LogP contribution in [0.3, 0.4) is 0 Å². The summed E-state index contributed by atoms with van der Waals surface area (Å²) in [4.78, 5) is 11.6. The van der Waals surface area contributed by atoms with E-state index < -0.39 is 0 Å². The van der Waals surface area contributed by atoms with E-state index in [2.05, 4.69) is 42.7 Å². The van der Waals surface area contributed by atoms with Gasteiger partial charge in [0.2, 0.25) is 5.91 Å². The first-order valence-corrected chi connectivity index (χ1v) is 7.38. The third kappa shape index (κ3) is 3.49. The number of amides is 1. The molecule has 2 rings (SSSR count). The Kier molecular flexibility index (Phi) is 4.83. The summed E-state index contributed by atoms with van der Waals surface area (Å²) < 4.78 is 0. The van der Waals surface area contributed by atoms with E-state index in [9.17, 15) is 4.79 Å². The van der Waals surface area contributed by atoms with Crippen LogP contribution >= 0.6 is 0 Å². The Balaban J connectivity index is 2.19. The third-order valence-electron chi connectivity index (χ3n) is 3.83. The molecule has 104 valence electrons. The van der Waals surface area contributed by atoms with Crippen molar-refractivity contribution in [2.75, 3.05) is 11.9 Å². The van der Waals surface area contributed by atoms with Gasteiger partial charge in [-0.05, 0) is 36.8 Å². The minimum Gasteiger partial charge on any atom is -0.381 e. The number of anilines is 1. The van der Waals surface area contributed by atoms with E-state index in [1.54, 1.807) is 0 Å². The average molecular weight is 260 g/mol. The molecule has 19 heavy (non-hydrogen) atoms. The van der Waals surface area contributed by atoms with Gasteiger partial charge < -0.3 is 10.6 Å². The van der Waals surface area contributed by atoms with Crippen LogP contribution in [0.5, 0.6) is 0 Å². The SMILES string of the molecule is CCc1cccc(CC)c1NC1CCCNC(=O)C1. The molecule has 1 aromatic rings. The molecule has 0 aliphatic carbocycles. The quantitative estimate of drug-likeness (QED) is 0.874. The third-order valence-corrected chi connectivity index (χ3v) is 3.83. The van der Waals surface area contributed by atoms with Crippen molar-refractivity contribution in [3.05, 3.63) is 29.3 Å². The number of hydrogen-bond donors (Lipinski definition) is 2. The largest absolute Gasteiger partial charge is 0.381 e. The van der Waals surface area contributed by atoms with Crippen LogP contribution < -0.4 is 10.6 Å². The predicted molar refractivity (Wildman–Crippen MR) is 79.5 cm³/mol. The molecule has 3 heteroatoms. The number of aryl methyl sites for hydroxylation is 2. The summed E-state index contributed by atoms with van der Waals surface area (Å²) in [6.07, 6.45) is 4.74. The van der Waals surface area contributed by atoms with Gasteiger partial charge in [0.15, 0.2) is 0 Å². The van der Waals surface area contributed by atoms with Crippen LogP contribution in [0, 0.1) is 0 Å². The maximum absolute atomic E-state index is 11.6. The minimum absolute atomic E-state index is 0.169. The molecule has 1 amide bonds. The smallest absolute Gasteiger partial charge is 0.222 e. The second-order valence-corrected chi connectivity index (χ2v) is 5.20. The van der Waals surface area contributed by atoms with Gasteiger partial charge in [0.1, 0.15) is 0 Å². The Morgan fingerprint density at radius 2 is 1.95 bits per heavy atom. The number of nitrogens with one attached hydrogen (secondary N) is 2. The first-order chi connectivity index (χ1) is 9.24. The summed E-state index contributed by atoms with van der Waals surface area (Å²) in [6, 6.07) is 6.75. The highest BCUT2D eigenvalue weighted by Crippen LogP contribution is 2.25. The molecule has 0 spiro atoms. The second-order valence-electron chi connectivity index (χ2n) is 5.20. The standard InChI is InChI=1S/C16H24N2O/c1-3-12-7-5-8-13(4-2)16(12)18-14-9-6-10-17-15(19)11-14/h5,7-8,14,18H,3-4,6,9-11H2,1-2H3,(H,17,19). The Labute approximate surface area is 115 Å². The molecular weight excluding hydrogens is 236 g/mol. The van der Waals surface area contributed by atoms with Crippen molar-refractivity contribution < 1.29 is 4.79 Å². The van der Waals surface area contributed by atoms with E-state index in [-0.39, 0.29) is 11.9 Å². The van der Waals surface area contributed by atoms with E-state index >= 15 is 0 Å². The zero-order valence-electron chi connectivity index (χ0n) is 12.0. The maximum atomic E-state index is 11.6. The highest BCUT2D eigenvalue weighted by atomic mass is 16.1. The molecule has 1 heterocycles. The maximum Gasteiger partial charge on any atom is 0.222 e. The highest BCUT2D eigenvalue weighted by Gasteiger charge is 2.18. The number of rotatable bonds is 4. The first-order valence-electron chi connectivity index (χ1n) is 7.38. The Morgan fingerprint density at radius 1 is 1.26 bits per heavy atom. The Hall–Kier alpha value is -1.51. The lowest BCUT2D eigenvalue weighted by molar-refractivity contribution is -0.120.